The number of H-pyrrole nitrogens is 1. The van der Waals surface area contributed by atoms with Gasteiger partial charge in [0.25, 0.3) is 0 Å². The molecule has 4 rings (SSSR count). The molecule has 31 heavy (non-hydrogen) atoms. The van der Waals surface area contributed by atoms with Gasteiger partial charge in [-0.25, -0.2) is 9.78 Å². The number of benzene rings is 1. The Balaban J connectivity index is 1.31. The lowest BCUT2D eigenvalue weighted by Gasteiger charge is -2.33. The first-order valence-corrected chi connectivity index (χ1v) is 10.7. The SMILES string of the molecule is Cc1cn(CCCC(=O)O)c(=O)nc1N1CCC(CNc2nc3ccccc3[nH]2)CC1. The molecule has 0 spiro atoms. The van der Waals surface area contributed by atoms with Gasteiger partial charge in [0.1, 0.15) is 5.82 Å². The fourth-order valence-electron chi connectivity index (χ4n) is 4.10. The van der Waals surface area contributed by atoms with E-state index in [1.165, 1.54) is 4.57 Å². The van der Waals surface area contributed by atoms with Gasteiger partial charge in [-0.15, -0.1) is 0 Å². The molecule has 1 aliphatic rings. The molecule has 1 saturated heterocycles. The standard InChI is InChI=1S/C22H28N6O3/c1-15-14-28(10-4-7-19(29)30)22(31)26-20(15)27-11-8-16(9-12-27)13-23-21-24-17-5-2-3-6-18(17)25-21/h2-3,5-6,14,16H,4,7-13H2,1H3,(H,29,30)(H2,23,24,25). The van der Waals surface area contributed by atoms with Crippen molar-refractivity contribution in [2.24, 2.45) is 5.92 Å². The highest BCUT2D eigenvalue weighted by Crippen LogP contribution is 2.24. The normalized spacial score (nSPS) is 14.8. The number of carboxylic acids is 1. The number of anilines is 2. The molecule has 0 unspecified atom stereocenters. The van der Waals surface area contributed by atoms with Gasteiger partial charge in [0, 0.05) is 44.4 Å². The maximum atomic E-state index is 12.4. The van der Waals surface area contributed by atoms with E-state index in [1.807, 2.05) is 31.2 Å². The molecule has 164 valence electrons. The maximum absolute atomic E-state index is 12.4. The minimum absolute atomic E-state index is 0.0445. The number of piperidine rings is 1. The minimum Gasteiger partial charge on any atom is -0.481 e. The van der Waals surface area contributed by atoms with Crippen molar-refractivity contribution < 1.29 is 9.90 Å². The molecule has 9 heteroatoms. The van der Waals surface area contributed by atoms with Gasteiger partial charge in [0.05, 0.1) is 11.0 Å². The number of carboxylic acid groups (broad SMARTS) is 1. The number of aliphatic carboxylic acids is 1. The molecule has 1 aliphatic heterocycles. The van der Waals surface area contributed by atoms with Crippen molar-refractivity contribution >= 4 is 28.8 Å². The third-order valence-electron chi connectivity index (χ3n) is 5.80. The zero-order chi connectivity index (χ0) is 21.8. The van der Waals surface area contributed by atoms with Gasteiger partial charge in [-0.05, 0) is 44.2 Å². The average molecular weight is 425 g/mol. The fourth-order valence-corrected chi connectivity index (χ4v) is 4.10. The van der Waals surface area contributed by atoms with Crippen LogP contribution in [0.3, 0.4) is 0 Å². The van der Waals surface area contributed by atoms with Crippen molar-refractivity contribution in [2.45, 2.75) is 39.2 Å². The van der Waals surface area contributed by atoms with Crippen LogP contribution in [0.4, 0.5) is 11.8 Å². The first-order chi connectivity index (χ1) is 15.0. The van der Waals surface area contributed by atoms with Crippen LogP contribution in [0.1, 0.15) is 31.2 Å². The summed E-state index contributed by atoms with van der Waals surface area (Å²) in [6, 6.07) is 7.98. The number of carbonyl (C=O) groups is 1. The Morgan fingerprint density at radius 2 is 2.03 bits per heavy atom. The molecule has 1 aromatic carbocycles. The van der Waals surface area contributed by atoms with E-state index in [0.29, 0.717) is 18.9 Å². The molecular formula is C22H28N6O3. The monoisotopic (exact) mass is 424 g/mol. The van der Waals surface area contributed by atoms with Gasteiger partial charge in [-0.3, -0.25) is 9.36 Å². The van der Waals surface area contributed by atoms with Crippen LogP contribution in [0.2, 0.25) is 0 Å². The van der Waals surface area contributed by atoms with Gasteiger partial charge in [-0.2, -0.15) is 4.98 Å². The summed E-state index contributed by atoms with van der Waals surface area (Å²) in [4.78, 5) is 37.4. The average Bonchev–Trinajstić information content (AvgIpc) is 3.18. The number of fused-ring (bicyclic) bond motifs is 1. The number of aromatic amines is 1. The number of para-hydroxylation sites is 2. The molecule has 2 aromatic heterocycles. The second-order valence-electron chi connectivity index (χ2n) is 8.13. The predicted octanol–water partition coefficient (Wildman–Crippen LogP) is 2.62. The van der Waals surface area contributed by atoms with Gasteiger partial charge < -0.3 is 20.3 Å². The summed E-state index contributed by atoms with van der Waals surface area (Å²) >= 11 is 0. The molecule has 0 aliphatic carbocycles. The second-order valence-corrected chi connectivity index (χ2v) is 8.13. The Kier molecular flexibility index (Phi) is 6.20. The third kappa shape index (κ3) is 5.04. The van der Waals surface area contributed by atoms with Gasteiger partial charge in [-0.1, -0.05) is 12.1 Å². The Hall–Kier alpha value is -3.36. The number of nitrogens with zero attached hydrogens (tertiary/aromatic N) is 4. The summed E-state index contributed by atoms with van der Waals surface area (Å²) < 4.78 is 1.51. The first kappa shape index (κ1) is 20.9. The lowest BCUT2D eigenvalue weighted by atomic mass is 9.96. The van der Waals surface area contributed by atoms with E-state index in [-0.39, 0.29) is 12.1 Å². The zero-order valence-corrected chi connectivity index (χ0v) is 17.7. The second kappa shape index (κ2) is 9.20. The van der Waals surface area contributed by atoms with Crippen molar-refractivity contribution in [3.05, 3.63) is 46.5 Å². The smallest absolute Gasteiger partial charge is 0.349 e. The number of nitrogens with one attached hydrogen (secondary N) is 2. The van der Waals surface area contributed by atoms with E-state index in [2.05, 4.69) is 25.2 Å². The Bertz CT molecular complexity index is 1080. The first-order valence-electron chi connectivity index (χ1n) is 10.7. The van der Waals surface area contributed by atoms with Crippen LogP contribution in [0, 0.1) is 12.8 Å². The summed E-state index contributed by atoms with van der Waals surface area (Å²) in [5, 5.41) is 12.2. The van der Waals surface area contributed by atoms with E-state index < -0.39 is 5.97 Å². The van der Waals surface area contributed by atoms with Crippen LogP contribution in [-0.4, -0.2) is 50.2 Å². The number of hydrogen-bond donors (Lipinski definition) is 3. The highest BCUT2D eigenvalue weighted by Gasteiger charge is 2.22. The number of rotatable bonds is 8. The van der Waals surface area contributed by atoms with Crippen LogP contribution in [0.5, 0.6) is 0 Å². The largest absolute Gasteiger partial charge is 0.481 e. The van der Waals surface area contributed by atoms with E-state index in [1.54, 1.807) is 6.20 Å². The highest BCUT2D eigenvalue weighted by molar-refractivity contribution is 5.77. The molecule has 0 radical (unpaired) electrons. The van der Waals surface area contributed by atoms with Crippen molar-refractivity contribution in [3.8, 4) is 0 Å². The lowest BCUT2D eigenvalue weighted by Crippen LogP contribution is -2.38. The lowest BCUT2D eigenvalue weighted by molar-refractivity contribution is -0.137. The predicted molar refractivity (Wildman–Crippen MR) is 120 cm³/mol. The van der Waals surface area contributed by atoms with Crippen LogP contribution < -0.4 is 15.9 Å². The van der Waals surface area contributed by atoms with Gasteiger partial charge >= 0.3 is 11.7 Å². The highest BCUT2D eigenvalue weighted by atomic mass is 16.4. The number of aromatic nitrogens is 4. The summed E-state index contributed by atoms with van der Waals surface area (Å²) in [5.74, 6) is 1.21. The Labute approximate surface area is 180 Å². The Morgan fingerprint density at radius 1 is 1.26 bits per heavy atom. The van der Waals surface area contributed by atoms with Gasteiger partial charge in [0.15, 0.2) is 0 Å². The molecule has 0 saturated carbocycles. The van der Waals surface area contributed by atoms with Crippen LogP contribution in [0.15, 0.2) is 35.3 Å². The summed E-state index contributed by atoms with van der Waals surface area (Å²) in [6.07, 6.45) is 4.27. The van der Waals surface area contributed by atoms with Crippen molar-refractivity contribution in [1.29, 1.82) is 0 Å². The number of aryl methyl sites for hydroxylation is 2. The summed E-state index contributed by atoms with van der Waals surface area (Å²) in [5.41, 5.74) is 2.60. The van der Waals surface area contributed by atoms with E-state index in [0.717, 1.165) is 60.8 Å². The maximum Gasteiger partial charge on any atom is 0.349 e. The van der Waals surface area contributed by atoms with Gasteiger partial charge in [0.2, 0.25) is 5.95 Å². The van der Waals surface area contributed by atoms with Crippen LogP contribution in [0.25, 0.3) is 11.0 Å². The summed E-state index contributed by atoms with van der Waals surface area (Å²) in [6.45, 7) is 4.87. The molecule has 3 aromatic rings. The molecule has 3 heterocycles. The van der Waals surface area contributed by atoms with Crippen LogP contribution in [-0.2, 0) is 11.3 Å². The molecule has 0 amide bonds. The van der Waals surface area contributed by atoms with E-state index in [4.69, 9.17) is 5.11 Å². The molecule has 0 atom stereocenters. The molecular weight excluding hydrogens is 396 g/mol. The van der Waals surface area contributed by atoms with E-state index >= 15 is 0 Å². The Morgan fingerprint density at radius 3 is 2.77 bits per heavy atom. The minimum atomic E-state index is -0.855. The summed E-state index contributed by atoms with van der Waals surface area (Å²) in [7, 11) is 0. The zero-order valence-electron chi connectivity index (χ0n) is 17.7. The third-order valence-corrected chi connectivity index (χ3v) is 5.80. The van der Waals surface area contributed by atoms with Crippen LogP contribution >= 0.6 is 0 Å². The molecule has 0 bridgehead atoms. The number of hydrogen-bond acceptors (Lipinski definition) is 6. The van der Waals surface area contributed by atoms with Crippen molar-refractivity contribution in [2.75, 3.05) is 29.9 Å². The number of imidazole rings is 1. The van der Waals surface area contributed by atoms with Crippen molar-refractivity contribution in [3.63, 3.8) is 0 Å². The molecule has 1 fully saturated rings. The molecule has 3 N–H and O–H groups in total. The van der Waals surface area contributed by atoms with Crippen molar-refractivity contribution in [1.82, 2.24) is 19.5 Å². The fraction of sp³-hybridized carbons (Fsp3) is 0.455. The van der Waals surface area contributed by atoms with E-state index in [9.17, 15) is 9.59 Å². The topological polar surface area (TPSA) is 116 Å². The molecule has 9 nitrogen and oxygen atoms in total. The quantitative estimate of drug-likeness (QED) is 0.509.